The van der Waals surface area contributed by atoms with Gasteiger partial charge in [-0.05, 0) is 13.5 Å². The molecule has 0 atom stereocenters. The van der Waals surface area contributed by atoms with Gasteiger partial charge in [-0.15, -0.1) is 0 Å². The van der Waals surface area contributed by atoms with Crippen molar-refractivity contribution in [3.05, 3.63) is 0 Å². The summed E-state index contributed by atoms with van der Waals surface area (Å²) >= 11 is 0. The first kappa shape index (κ1) is 19.9. The lowest BCUT2D eigenvalue weighted by atomic mass is 10.1. The summed E-state index contributed by atoms with van der Waals surface area (Å²) in [4.78, 5) is 0. The summed E-state index contributed by atoms with van der Waals surface area (Å²) in [5.41, 5.74) is 0. The molecule has 5 heteroatoms. The van der Waals surface area contributed by atoms with E-state index >= 15 is 0 Å². The van der Waals surface area contributed by atoms with Gasteiger partial charge in [0.2, 0.25) is 0 Å². The largest absolute Gasteiger partial charge is 0.319 e. The fraction of sp³-hybridized carbons (Fsp3) is 1.00. The Hall–Kier alpha value is -0.130. The first-order valence-electron chi connectivity index (χ1n) is 8.14. The summed E-state index contributed by atoms with van der Waals surface area (Å²) in [7, 11) is -1.58. The maximum atomic E-state index is 11.4. The normalized spacial score (nSPS) is 11.9. The van der Waals surface area contributed by atoms with Crippen molar-refractivity contribution in [3.63, 3.8) is 0 Å². The summed E-state index contributed by atoms with van der Waals surface area (Å²) in [5.74, 6) is 0.0568. The molecule has 0 rings (SSSR count). The fourth-order valence-electron chi connectivity index (χ4n) is 2.06. The molecule has 0 saturated carbocycles. The van der Waals surface area contributed by atoms with Crippen molar-refractivity contribution in [2.24, 2.45) is 0 Å². The second kappa shape index (κ2) is 13.8. The lowest BCUT2D eigenvalue weighted by molar-refractivity contribution is 0.306. The second-order valence-corrected chi connectivity index (χ2v) is 7.13. The van der Waals surface area contributed by atoms with Crippen molar-refractivity contribution in [1.82, 2.24) is 5.32 Å². The molecular formula is C15H33NO3S. The molecule has 0 aliphatic carbocycles. The zero-order valence-electron chi connectivity index (χ0n) is 13.3. The molecule has 0 bridgehead atoms. The Morgan fingerprint density at radius 3 is 1.85 bits per heavy atom. The summed E-state index contributed by atoms with van der Waals surface area (Å²) in [6.07, 6.45) is 12.4. The smallest absolute Gasteiger partial charge is 0.268 e. The average Bonchev–Trinajstić information content (AvgIpc) is 2.42. The highest BCUT2D eigenvalue weighted by Crippen LogP contribution is 2.10. The van der Waals surface area contributed by atoms with Crippen LogP contribution in [0.1, 0.15) is 71.1 Å². The Morgan fingerprint density at radius 1 is 0.850 bits per heavy atom. The Labute approximate surface area is 125 Å². The summed E-state index contributed by atoms with van der Waals surface area (Å²) in [5, 5.41) is 2.81. The minimum Gasteiger partial charge on any atom is -0.319 e. The number of hydrogen-bond donors (Lipinski definition) is 1. The van der Waals surface area contributed by atoms with Gasteiger partial charge in [0.1, 0.15) is 0 Å². The van der Waals surface area contributed by atoms with E-state index in [-0.39, 0.29) is 5.75 Å². The molecule has 0 aromatic rings. The highest BCUT2D eigenvalue weighted by Gasteiger charge is 2.09. The van der Waals surface area contributed by atoms with Gasteiger partial charge in [0.15, 0.2) is 0 Å². The van der Waals surface area contributed by atoms with Crippen molar-refractivity contribution in [1.29, 1.82) is 0 Å². The molecule has 0 aliphatic rings. The van der Waals surface area contributed by atoms with Crippen LogP contribution in [0.5, 0.6) is 0 Å². The van der Waals surface area contributed by atoms with Crippen molar-refractivity contribution in [3.8, 4) is 0 Å². The van der Waals surface area contributed by atoms with Crippen LogP contribution >= 0.6 is 0 Å². The number of hydrogen-bond acceptors (Lipinski definition) is 4. The first-order chi connectivity index (χ1) is 9.62. The van der Waals surface area contributed by atoms with Crippen LogP contribution in [0.15, 0.2) is 0 Å². The van der Waals surface area contributed by atoms with Gasteiger partial charge in [0.25, 0.3) is 10.1 Å². The lowest BCUT2D eigenvalue weighted by Gasteiger charge is -2.05. The molecule has 0 radical (unpaired) electrons. The molecule has 20 heavy (non-hydrogen) atoms. The monoisotopic (exact) mass is 307 g/mol. The van der Waals surface area contributed by atoms with Crippen LogP contribution in [-0.2, 0) is 14.3 Å². The summed E-state index contributed by atoms with van der Waals surface area (Å²) in [6, 6.07) is 0. The molecule has 122 valence electrons. The maximum absolute atomic E-state index is 11.4. The number of nitrogens with one attached hydrogen (secondary N) is 1. The van der Waals surface area contributed by atoms with E-state index in [1.54, 1.807) is 7.05 Å². The van der Waals surface area contributed by atoms with Gasteiger partial charge in [-0.25, -0.2) is 0 Å². The molecule has 4 nitrogen and oxygen atoms in total. The second-order valence-electron chi connectivity index (χ2n) is 5.37. The Kier molecular flexibility index (Phi) is 13.7. The van der Waals surface area contributed by atoms with Gasteiger partial charge >= 0.3 is 0 Å². The van der Waals surface area contributed by atoms with Gasteiger partial charge < -0.3 is 5.32 Å². The van der Waals surface area contributed by atoms with Gasteiger partial charge in [0, 0.05) is 6.54 Å². The van der Waals surface area contributed by atoms with E-state index in [1.807, 2.05) is 0 Å². The molecule has 0 heterocycles. The zero-order valence-corrected chi connectivity index (χ0v) is 14.1. The van der Waals surface area contributed by atoms with Gasteiger partial charge in [-0.2, -0.15) is 8.42 Å². The Morgan fingerprint density at radius 2 is 1.35 bits per heavy atom. The van der Waals surface area contributed by atoms with E-state index < -0.39 is 10.1 Å². The van der Waals surface area contributed by atoms with Crippen LogP contribution in [0.3, 0.4) is 0 Å². The van der Waals surface area contributed by atoms with E-state index in [4.69, 9.17) is 4.18 Å². The molecule has 0 spiro atoms. The van der Waals surface area contributed by atoms with E-state index in [1.165, 1.54) is 51.4 Å². The summed E-state index contributed by atoms with van der Waals surface area (Å²) < 4.78 is 27.7. The third-order valence-electron chi connectivity index (χ3n) is 3.36. The first-order valence-corrected chi connectivity index (χ1v) is 9.72. The standard InChI is InChI=1S/C15H33NO3S/c1-3-4-5-6-7-8-9-10-11-12-14-19-20(17,18)15-13-16-2/h16H,3-15H2,1-2H3. The molecule has 0 unspecified atom stereocenters. The van der Waals surface area contributed by atoms with Crippen LogP contribution in [0, 0.1) is 0 Å². The van der Waals surface area contributed by atoms with Crippen molar-refractivity contribution in [2.45, 2.75) is 71.1 Å². The average molecular weight is 308 g/mol. The molecule has 0 amide bonds. The van der Waals surface area contributed by atoms with Crippen LogP contribution in [0.2, 0.25) is 0 Å². The highest BCUT2D eigenvalue weighted by molar-refractivity contribution is 7.86. The van der Waals surface area contributed by atoms with Crippen molar-refractivity contribution in [2.75, 3.05) is 26.0 Å². The topological polar surface area (TPSA) is 55.4 Å². The number of rotatable bonds is 15. The van der Waals surface area contributed by atoms with Crippen LogP contribution in [0.4, 0.5) is 0 Å². The Balaban J connectivity index is 3.24. The van der Waals surface area contributed by atoms with Gasteiger partial charge in [-0.3, -0.25) is 4.18 Å². The van der Waals surface area contributed by atoms with E-state index in [9.17, 15) is 8.42 Å². The van der Waals surface area contributed by atoms with Crippen LogP contribution in [-0.4, -0.2) is 34.4 Å². The van der Waals surface area contributed by atoms with E-state index in [0.29, 0.717) is 13.2 Å². The third-order valence-corrected chi connectivity index (χ3v) is 4.59. The number of unbranched alkanes of at least 4 members (excludes halogenated alkanes) is 9. The van der Waals surface area contributed by atoms with E-state index in [0.717, 1.165) is 12.8 Å². The third kappa shape index (κ3) is 14.3. The van der Waals surface area contributed by atoms with Crippen LogP contribution < -0.4 is 5.32 Å². The fourth-order valence-corrected chi connectivity index (χ4v) is 3.01. The SMILES string of the molecule is CCCCCCCCCCCCOS(=O)(=O)CCNC. The zero-order chi connectivity index (χ0) is 15.1. The highest BCUT2D eigenvalue weighted by atomic mass is 32.2. The predicted molar refractivity (Wildman–Crippen MR) is 85.5 cm³/mol. The molecule has 0 fully saturated rings. The van der Waals surface area contributed by atoms with Crippen LogP contribution in [0.25, 0.3) is 0 Å². The van der Waals surface area contributed by atoms with E-state index in [2.05, 4.69) is 12.2 Å². The van der Waals surface area contributed by atoms with Crippen molar-refractivity contribution < 1.29 is 12.6 Å². The molecule has 0 saturated heterocycles. The minimum atomic E-state index is -3.32. The maximum Gasteiger partial charge on any atom is 0.268 e. The minimum absolute atomic E-state index is 0.0568. The lowest BCUT2D eigenvalue weighted by Crippen LogP contribution is -2.21. The molecule has 0 aliphatic heterocycles. The summed E-state index contributed by atoms with van der Waals surface area (Å²) in [6.45, 7) is 3.02. The molecule has 1 N–H and O–H groups in total. The molecule has 0 aromatic heterocycles. The molecule has 0 aromatic carbocycles. The Bertz CT molecular complexity index is 291. The molecular weight excluding hydrogens is 274 g/mol. The van der Waals surface area contributed by atoms with Gasteiger partial charge in [0.05, 0.1) is 12.4 Å². The van der Waals surface area contributed by atoms with Crippen molar-refractivity contribution >= 4 is 10.1 Å². The predicted octanol–water partition coefficient (Wildman–Crippen LogP) is 3.47. The van der Waals surface area contributed by atoms with Gasteiger partial charge in [-0.1, -0.05) is 64.7 Å². The quantitative estimate of drug-likeness (QED) is 0.372.